The maximum atomic E-state index is 12.0. The molecule has 0 aromatic heterocycles. The number of carbonyl (C=O) groups excluding carboxylic acids is 3. The van der Waals surface area contributed by atoms with Gasteiger partial charge in [0.05, 0.1) is 6.42 Å². The summed E-state index contributed by atoms with van der Waals surface area (Å²) in [7, 11) is 0. The van der Waals surface area contributed by atoms with E-state index in [1.807, 2.05) is 42.6 Å². The Kier molecular flexibility index (Phi) is 6.56. The van der Waals surface area contributed by atoms with E-state index in [1.165, 1.54) is 0 Å². The monoisotopic (exact) mass is 306 g/mol. The summed E-state index contributed by atoms with van der Waals surface area (Å²) in [6, 6.07) is 8.58. The van der Waals surface area contributed by atoms with E-state index in [0.717, 1.165) is 5.56 Å². The third kappa shape index (κ3) is 5.55. The molecule has 0 fully saturated rings. The van der Waals surface area contributed by atoms with Crippen LogP contribution in [0.3, 0.4) is 0 Å². The van der Waals surface area contributed by atoms with Crippen LogP contribution in [0.2, 0.25) is 0 Å². The van der Waals surface area contributed by atoms with Crippen molar-refractivity contribution in [3.05, 3.63) is 35.9 Å². The number of carbonyl (C=O) groups is 3. The summed E-state index contributed by atoms with van der Waals surface area (Å²) < 4.78 is 5.21. The molecule has 0 spiro atoms. The fraction of sp³-hybridized carbons (Fsp3) is 0.438. The summed E-state index contributed by atoms with van der Waals surface area (Å²) in [6.45, 7) is 5.35. The molecule has 0 aliphatic carbocycles. The minimum absolute atomic E-state index is 0.0271. The first-order valence-corrected chi connectivity index (χ1v) is 7.16. The van der Waals surface area contributed by atoms with Crippen LogP contribution in [0, 0.1) is 5.92 Å². The molecule has 3 N–H and O–H groups in total. The van der Waals surface area contributed by atoms with E-state index in [1.54, 1.807) is 13.8 Å². The molecule has 0 saturated carbocycles. The quantitative estimate of drug-likeness (QED) is 0.785. The van der Waals surface area contributed by atoms with Crippen LogP contribution in [0.4, 0.5) is 4.79 Å². The van der Waals surface area contributed by atoms with Crippen molar-refractivity contribution in [1.29, 1.82) is 0 Å². The molecule has 6 nitrogen and oxygen atoms in total. The van der Waals surface area contributed by atoms with Crippen LogP contribution in [0.25, 0.3) is 0 Å². The van der Waals surface area contributed by atoms with Gasteiger partial charge < -0.3 is 10.5 Å². The maximum absolute atomic E-state index is 12.0. The van der Waals surface area contributed by atoms with Crippen molar-refractivity contribution in [2.45, 2.75) is 39.2 Å². The topological polar surface area (TPSA) is 98.5 Å². The van der Waals surface area contributed by atoms with Gasteiger partial charge in [-0.15, -0.1) is 0 Å². The molecule has 22 heavy (non-hydrogen) atoms. The standard InChI is InChI=1S/C16H22N2O4/c1-10(2)14(15(20)18-16(17)21)22-13(19)9-11(3)12-7-5-4-6-8-12/h4-8,10-11,14H,9H2,1-3H3,(H3,17,18,20,21)/t11-,14+/m0/s1. The Morgan fingerprint density at radius 3 is 2.23 bits per heavy atom. The molecule has 2 atom stereocenters. The van der Waals surface area contributed by atoms with Crippen LogP contribution in [-0.4, -0.2) is 24.0 Å². The van der Waals surface area contributed by atoms with E-state index in [4.69, 9.17) is 10.5 Å². The Bertz CT molecular complexity index is 528. The molecule has 0 radical (unpaired) electrons. The molecular formula is C16H22N2O4. The van der Waals surface area contributed by atoms with Crippen LogP contribution in [0.1, 0.15) is 38.7 Å². The van der Waals surface area contributed by atoms with Gasteiger partial charge in [0.2, 0.25) is 0 Å². The van der Waals surface area contributed by atoms with E-state index in [9.17, 15) is 14.4 Å². The van der Waals surface area contributed by atoms with Crippen LogP contribution in [0.5, 0.6) is 0 Å². The molecule has 1 rings (SSSR count). The second-order valence-electron chi connectivity index (χ2n) is 5.52. The molecule has 0 unspecified atom stereocenters. The van der Waals surface area contributed by atoms with E-state index < -0.39 is 24.0 Å². The van der Waals surface area contributed by atoms with Crippen molar-refractivity contribution in [2.24, 2.45) is 11.7 Å². The predicted octanol–water partition coefficient (Wildman–Crippen LogP) is 1.94. The van der Waals surface area contributed by atoms with Crippen molar-refractivity contribution < 1.29 is 19.1 Å². The zero-order valence-corrected chi connectivity index (χ0v) is 13.0. The fourth-order valence-electron chi connectivity index (χ4n) is 2.02. The molecule has 0 saturated heterocycles. The second kappa shape index (κ2) is 8.17. The first-order chi connectivity index (χ1) is 10.3. The fourth-order valence-corrected chi connectivity index (χ4v) is 2.02. The van der Waals surface area contributed by atoms with Gasteiger partial charge in [0.25, 0.3) is 5.91 Å². The Morgan fingerprint density at radius 2 is 1.73 bits per heavy atom. The number of esters is 1. The number of hydrogen-bond donors (Lipinski definition) is 2. The number of hydrogen-bond acceptors (Lipinski definition) is 4. The Hall–Kier alpha value is -2.37. The largest absolute Gasteiger partial charge is 0.452 e. The van der Waals surface area contributed by atoms with Crippen molar-refractivity contribution in [3.8, 4) is 0 Å². The molecule has 120 valence electrons. The normalized spacial score (nSPS) is 13.3. The lowest BCUT2D eigenvalue weighted by Gasteiger charge is -2.21. The first-order valence-electron chi connectivity index (χ1n) is 7.16. The van der Waals surface area contributed by atoms with Gasteiger partial charge in [0, 0.05) is 0 Å². The Morgan fingerprint density at radius 1 is 1.14 bits per heavy atom. The first kappa shape index (κ1) is 17.7. The lowest BCUT2D eigenvalue weighted by molar-refractivity contribution is -0.158. The van der Waals surface area contributed by atoms with Crippen LogP contribution in [-0.2, 0) is 14.3 Å². The molecule has 1 aromatic carbocycles. The molecule has 1 aromatic rings. The van der Waals surface area contributed by atoms with E-state index in [0.29, 0.717) is 0 Å². The highest BCUT2D eigenvalue weighted by Crippen LogP contribution is 2.20. The number of nitrogens with two attached hydrogens (primary N) is 1. The van der Waals surface area contributed by atoms with Crippen molar-refractivity contribution in [2.75, 3.05) is 0 Å². The minimum Gasteiger partial charge on any atom is -0.452 e. The van der Waals surface area contributed by atoms with Gasteiger partial charge in [0.1, 0.15) is 0 Å². The zero-order chi connectivity index (χ0) is 16.7. The summed E-state index contributed by atoms with van der Waals surface area (Å²) >= 11 is 0. The average Bonchev–Trinajstić information content (AvgIpc) is 2.44. The SMILES string of the molecule is CC(C)[C@@H](OC(=O)C[C@H](C)c1ccccc1)C(=O)NC(N)=O. The van der Waals surface area contributed by atoms with Gasteiger partial charge in [-0.2, -0.15) is 0 Å². The Labute approximate surface area is 130 Å². The lowest BCUT2D eigenvalue weighted by Crippen LogP contribution is -2.45. The Balaban J connectivity index is 2.64. The third-order valence-electron chi connectivity index (χ3n) is 3.21. The van der Waals surface area contributed by atoms with Crippen LogP contribution in [0.15, 0.2) is 30.3 Å². The summed E-state index contributed by atoms with van der Waals surface area (Å²) in [6.07, 6.45) is -0.889. The maximum Gasteiger partial charge on any atom is 0.318 e. The van der Waals surface area contributed by atoms with Crippen molar-refractivity contribution >= 4 is 17.9 Å². The van der Waals surface area contributed by atoms with Gasteiger partial charge in [-0.3, -0.25) is 14.9 Å². The van der Waals surface area contributed by atoms with E-state index >= 15 is 0 Å². The van der Waals surface area contributed by atoms with Gasteiger partial charge >= 0.3 is 12.0 Å². The highest BCUT2D eigenvalue weighted by molar-refractivity contribution is 5.96. The van der Waals surface area contributed by atoms with Gasteiger partial charge in [0.15, 0.2) is 6.10 Å². The zero-order valence-electron chi connectivity index (χ0n) is 13.0. The van der Waals surface area contributed by atoms with E-state index in [-0.39, 0.29) is 18.3 Å². The van der Waals surface area contributed by atoms with Crippen LogP contribution >= 0.6 is 0 Å². The second-order valence-corrected chi connectivity index (χ2v) is 5.52. The summed E-state index contributed by atoms with van der Waals surface area (Å²) in [5, 5.41) is 1.94. The van der Waals surface area contributed by atoms with Gasteiger partial charge in [-0.25, -0.2) is 4.79 Å². The number of rotatable bonds is 6. The van der Waals surface area contributed by atoms with Crippen molar-refractivity contribution in [1.82, 2.24) is 5.32 Å². The number of benzene rings is 1. The summed E-state index contributed by atoms with van der Waals surface area (Å²) in [4.78, 5) is 34.5. The smallest absolute Gasteiger partial charge is 0.318 e. The number of primary amides is 1. The number of urea groups is 1. The molecule has 0 aliphatic rings. The number of imide groups is 1. The minimum atomic E-state index is -1.04. The van der Waals surface area contributed by atoms with Crippen molar-refractivity contribution in [3.63, 3.8) is 0 Å². The van der Waals surface area contributed by atoms with Gasteiger partial charge in [-0.05, 0) is 17.4 Å². The molecule has 0 aliphatic heterocycles. The lowest BCUT2D eigenvalue weighted by atomic mass is 9.98. The number of ether oxygens (including phenoxy) is 1. The third-order valence-corrected chi connectivity index (χ3v) is 3.21. The number of nitrogens with one attached hydrogen (secondary N) is 1. The molecule has 0 heterocycles. The summed E-state index contributed by atoms with van der Waals surface area (Å²) in [5.74, 6) is -1.49. The molecule has 6 heteroatoms. The molecular weight excluding hydrogens is 284 g/mol. The molecule has 3 amide bonds. The highest BCUT2D eigenvalue weighted by atomic mass is 16.5. The van der Waals surface area contributed by atoms with Gasteiger partial charge in [-0.1, -0.05) is 51.1 Å². The predicted molar refractivity (Wildman–Crippen MR) is 81.9 cm³/mol. The van der Waals surface area contributed by atoms with Crippen LogP contribution < -0.4 is 11.1 Å². The number of amides is 3. The highest BCUT2D eigenvalue weighted by Gasteiger charge is 2.28. The molecule has 0 bridgehead atoms. The summed E-state index contributed by atoms with van der Waals surface area (Å²) in [5.41, 5.74) is 5.92. The average molecular weight is 306 g/mol. The van der Waals surface area contributed by atoms with E-state index in [2.05, 4.69) is 0 Å².